The zero-order valence-electron chi connectivity index (χ0n) is 17.2. The Morgan fingerprint density at radius 1 is 1.16 bits per heavy atom. The second kappa shape index (κ2) is 8.35. The summed E-state index contributed by atoms with van der Waals surface area (Å²) in [5.41, 5.74) is -0.384. The molecule has 2 aromatic rings. The predicted molar refractivity (Wildman–Crippen MR) is 123 cm³/mol. The number of halogens is 2. The molecule has 2 aromatic carbocycles. The topological polar surface area (TPSA) is 71.1 Å². The maximum atomic E-state index is 13.9. The molecule has 0 fully saturated rings. The normalized spacial score (nSPS) is 22.4. The van der Waals surface area contributed by atoms with E-state index in [1.165, 1.54) is 14.2 Å². The molecule has 4 rings (SSSR count). The molecule has 1 aliphatic carbocycles. The van der Waals surface area contributed by atoms with Crippen LogP contribution in [0.2, 0.25) is 5.02 Å². The van der Waals surface area contributed by atoms with E-state index in [0.29, 0.717) is 15.1 Å². The minimum Gasteiger partial charge on any atom is -0.496 e. The van der Waals surface area contributed by atoms with Crippen molar-refractivity contribution in [3.63, 3.8) is 0 Å². The Balaban J connectivity index is 1.85. The van der Waals surface area contributed by atoms with E-state index in [-0.39, 0.29) is 46.7 Å². The van der Waals surface area contributed by atoms with Crippen molar-refractivity contribution in [2.45, 2.75) is 25.6 Å². The van der Waals surface area contributed by atoms with Crippen LogP contribution in [0.5, 0.6) is 17.2 Å². The summed E-state index contributed by atoms with van der Waals surface area (Å²) in [6, 6.07) is 11.1. The van der Waals surface area contributed by atoms with Crippen LogP contribution in [0.3, 0.4) is 0 Å². The molecular weight excluding hydrogens is 535 g/mol. The summed E-state index contributed by atoms with van der Waals surface area (Å²) >= 11 is 8.43. The number of allylic oxidation sites excluding steroid dienone is 1. The van der Waals surface area contributed by atoms with Crippen molar-refractivity contribution in [2.24, 2.45) is 5.92 Å². The Kier molecular flexibility index (Phi) is 5.91. The number of hydrogen-bond acceptors (Lipinski definition) is 6. The molecule has 6 nitrogen and oxygen atoms in total. The summed E-state index contributed by atoms with van der Waals surface area (Å²) in [5, 5.41) is 0.171. The summed E-state index contributed by atoms with van der Waals surface area (Å²) in [4.78, 5) is 26.5. The van der Waals surface area contributed by atoms with Gasteiger partial charge in [0.25, 0.3) is 0 Å². The molecule has 2 atom stereocenters. The van der Waals surface area contributed by atoms with Crippen molar-refractivity contribution in [3.05, 3.63) is 61.9 Å². The van der Waals surface area contributed by atoms with Gasteiger partial charge in [-0.1, -0.05) is 48.9 Å². The van der Waals surface area contributed by atoms with Crippen molar-refractivity contribution in [1.29, 1.82) is 0 Å². The Bertz CT molecular complexity index is 1100. The summed E-state index contributed by atoms with van der Waals surface area (Å²) in [6.07, 6.45) is 0.146. The fraction of sp³-hybridized carbons (Fsp3) is 0.304. The minimum absolute atomic E-state index is 0.0928. The van der Waals surface area contributed by atoms with Crippen LogP contribution in [-0.4, -0.2) is 31.4 Å². The number of rotatable bonds is 5. The van der Waals surface area contributed by atoms with Crippen molar-refractivity contribution >= 4 is 45.8 Å². The molecule has 1 aliphatic heterocycles. The van der Waals surface area contributed by atoms with Crippen LogP contribution >= 0.6 is 34.2 Å². The SMILES string of the molecule is COc1cc(OC)c2c(c1Cl)O[C@]1(C2=O)C(OCc2ccccc2)=C(I)C(=O)C[C@H]1C. The highest BCUT2D eigenvalue weighted by molar-refractivity contribution is 14.1. The van der Waals surface area contributed by atoms with Crippen LogP contribution in [0, 0.1) is 5.92 Å². The molecule has 8 heteroatoms. The average molecular weight is 555 g/mol. The molecule has 0 saturated heterocycles. The maximum Gasteiger partial charge on any atom is 0.232 e. The molecule has 0 unspecified atom stereocenters. The number of hydrogen-bond donors (Lipinski definition) is 0. The lowest BCUT2D eigenvalue weighted by Crippen LogP contribution is -2.52. The zero-order chi connectivity index (χ0) is 22.3. The van der Waals surface area contributed by atoms with Gasteiger partial charge in [0.1, 0.15) is 28.7 Å². The van der Waals surface area contributed by atoms with Gasteiger partial charge >= 0.3 is 0 Å². The predicted octanol–water partition coefficient (Wildman–Crippen LogP) is 5.14. The largest absolute Gasteiger partial charge is 0.496 e. The van der Waals surface area contributed by atoms with Crippen LogP contribution in [-0.2, 0) is 16.1 Å². The van der Waals surface area contributed by atoms with Gasteiger partial charge in [-0.3, -0.25) is 9.59 Å². The van der Waals surface area contributed by atoms with E-state index < -0.39 is 11.5 Å². The first kappa shape index (κ1) is 22.0. The van der Waals surface area contributed by atoms with E-state index in [2.05, 4.69) is 0 Å². The monoisotopic (exact) mass is 554 g/mol. The summed E-state index contributed by atoms with van der Waals surface area (Å²) in [5.74, 6) is 0.0849. The zero-order valence-corrected chi connectivity index (χ0v) is 20.1. The molecule has 0 amide bonds. The number of Topliss-reactive ketones (excluding diaryl/α,β-unsaturated/α-hetero) is 2. The third kappa shape index (κ3) is 3.38. The van der Waals surface area contributed by atoms with E-state index in [4.69, 9.17) is 30.5 Å². The number of carbonyl (C=O) groups is 2. The molecule has 0 N–H and O–H groups in total. The Labute approximate surface area is 198 Å². The van der Waals surface area contributed by atoms with Crippen LogP contribution in [0.4, 0.5) is 0 Å². The summed E-state index contributed by atoms with van der Waals surface area (Å²) < 4.78 is 23.5. The number of carbonyl (C=O) groups excluding carboxylic acids is 2. The van der Waals surface area contributed by atoms with E-state index in [9.17, 15) is 9.59 Å². The third-order valence-corrected chi connectivity index (χ3v) is 7.06. The van der Waals surface area contributed by atoms with Crippen molar-refractivity contribution in [2.75, 3.05) is 14.2 Å². The van der Waals surface area contributed by atoms with Gasteiger partial charge in [-0.15, -0.1) is 0 Å². The van der Waals surface area contributed by atoms with Crippen LogP contribution in [0.25, 0.3) is 0 Å². The fourth-order valence-electron chi connectivity index (χ4n) is 4.00. The van der Waals surface area contributed by atoms with Crippen LogP contribution in [0.15, 0.2) is 45.7 Å². The second-order valence-electron chi connectivity index (χ2n) is 7.41. The van der Waals surface area contributed by atoms with Gasteiger partial charge in [-0.05, 0) is 28.2 Å². The summed E-state index contributed by atoms with van der Waals surface area (Å²) in [7, 11) is 2.93. The highest BCUT2D eigenvalue weighted by atomic mass is 127. The number of ketones is 2. The molecule has 162 valence electrons. The van der Waals surface area contributed by atoms with Gasteiger partial charge < -0.3 is 18.9 Å². The van der Waals surface area contributed by atoms with E-state index in [0.717, 1.165) is 5.56 Å². The Morgan fingerprint density at radius 2 is 1.84 bits per heavy atom. The second-order valence-corrected chi connectivity index (χ2v) is 8.87. The van der Waals surface area contributed by atoms with Gasteiger partial charge in [0, 0.05) is 18.4 Å². The lowest BCUT2D eigenvalue weighted by Gasteiger charge is -2.38. The number of fused-ring (bicyclic) bond motifs is 1. The van der Waals surface area contributed by atoms with Crippen molar-refractivity contribution in [3.8, 4) is 17.2 Å². The quantitative estimate of drug-likeness (QED) is 0.477. The van der Waals surface area contributed by atoms with Gasteiger partial charge in [0.05, 0.1) is 17.8 Å². The highest BCUT2D eigenvalue weighted by Gasteiger charge is 2.61. The highest BCUT2D eigenvalue weighted by Crippen LogP contribution is 2.55. The van der Waals surface area contributed by atoms with Gasteiger partial charge in [-0.2, -0.15) is 0 Å². The van der Waals surface area contributed by atoms with Crippen molar-refractivity contribution < 1.29 is 28.5 Å². The minimum atomic E-state index is -1.51. The van der Waals surface area contributed by atoms with E-state index in [1.807, 2.05) is 52.9 Å². The molecule has 2 aliphatic rings. The lowest BCUT2D eigenvalue weighted by atomic mass is 9.75. The molecule has 0 saturated carbocycles. The number of benzene rings is 2. The maximum absolute atomic E-state index is 13.9. The molecule has 0 radical (unpaired) electrons. The fourth-order valence-corrected chi connectivity index (χ4v) is 5.04. The van der Waals surface area contributed by atoms with Crippen LogP contribution in [0.1, 0.15) is 29.3 Å². The first-order valence-corrected chi connectivity index (χ1v) is 11.1. The van der Waals surface area contributed by atoms with Gasteiger partial charge in [0.2, 0.25) is 11.4 Å². The first-order chi connectivity index (χ1) is 14.8. The first-order valence-electron chi connectivity index (χ1n) is 9.63. The standard InChI is InChI=1S/C23H20ClIO6/c1-12-9-14(26)19(25)22(30-11-13-7-5-4-6-8-13)23(12)21(27)17-15(28-2)10-16(29-3)18(24)20(17)31-23/h4-8,10,12H,9,11H2,1-3H3/t12-,23-/m1/s1. The van der Waals surface area contributed by atoms with Gasteiger partial charge in [0.15, 0.2) is 17.3 Å². The third-order valence-electron chi connectivity index (χ3n) is 5.61. The molecule has 31 heavy (non-hydrogen) atoms. The Morgan fingerprint density at radius 3 is 2.48 bits per heavy atom. The summed E-state index contributed by atoms with van der Waals surface area (Å²) in [6.45, 7) is 1.99. The lowest BCUT2D eigenvalue weighted by molar-refractivity contribution is -0.118. The molecule has 0 aromatic heterocycles. The van der Waals surface area contributed by atoms with Gasteiger partial charge in [-0.25, -0.2) is 0 Å². The number of methoxy groups -OCH3 is 2. The van der Waals surface area contributed by atoms with E-state index >= 15 is 0 Å². The average Bonchev–Trinajstić information content (AvgIpc) is 3.08. The van der Waals surface area contributed by atoms with Crippen molar-refractivity contribution in [1.82, 2.24) is 0 Å². The molecule has 1 heterocycles. The number of ether oxygens (including phenoxy) is 4. The molecule has 0 bridgehead atoms. The molecular formula is C23H20ClIO6. The van der Waals surface area contributed by atoms with E-state index in [1.54, 1.807) is 13.0 Å². The molecule has 1 spiro atoms. The smallest absolute Gasteiger partial charge is 0.232 e. The van der Waals surface area contributed by atoms with Crippen LogP contribution < -0.4 is 14.2 Å². The Hall–Kier alpha value is -2.26.